The highest BCUT2D eigenvalue weighted by Gasteiger charge is 2.15. The van der Waals surface area contributed by atoms with Gasteiger partial charge in [-0.15, -0.1) is 0 Å². The Morgan fingerprint density at radius 2 is 1.95 bits per heavy atom. The standard InChI is InChI=1S/C16H13ClFNO/c1-9-4-11(7-13(18)5-9)16(19)15-8-10-6-12(17)2-3-14(10)20-15/h2-8,16H,19H2,1H3. The first-order valence-corrected chi connectivity index (χ1v) is 6.62. The second kappa shape index (κ2) is 4.93. The zero-order chi connectivity index (χ0) is 14.3. The van der Waals surface area contributed by atoms with Crippen molar-refractivity contribution in [3.63, 3.8) is 0 Å². The lowest BCUT2D eigenvalue weighted by Gasteiger charge is -2.10. The molecule has 20 heavy (non-hydrogen) atoms. The molecule has 0 amide bonds. The first-order chi connectivity index (χ1) is 9.52. The highest BCUT2D eigenvalue weighted by Crippen LogP contribution is 2.29. The lowest BCUT2D eigenvalue weighted by Crippen LogP contribution is -2.11. The largest absolute Gasteiger partial charge is 0.459 e. The Morgan fingerprint density at radius 1 is 1.15 bits per heavy atom. The van der Waals surface area contributed by atoms with Crippen LogP contribution >= 0.6 is 11.6 Å². The molecule has 1 aromatic heterocycles. The summed E-state index contributed by atoms with van der Waals surface area (Å²) in [6, 6.07) is 11.5. The van der Waals surface area contributed by atoms with Crippen LogP contribution in [-0.4, -0.2) is 0 Å². The SMILES string of the molecule is Cc1cc(F)cc(C(N)c2cc3cc(Cl)ccc3o2)c1. The number of rotatable bonds is 2. The summed E-state index contributed by atoms with van der Waals surface area (Å²) < 4.78 is 19.2. The number of fused-ring (bicyclic) bond motifs is 1. The van der Waals surface area contributed by atoms with Gasteiger partial charge >= 0.3 is 0 Å². The van der Waals surface area contributed by atoms with E-state index in [1.165, 1.54) is 12.1 Å². The van der Waals surface area contributed by atoms with Gasteiger partial charge in [0.2, 0.25) is 0 Å². The predicted molar refractivity (Wildman–Crippen MR) is 78.4 cm³/mol. The molecule has 2 nitrogen and oxygen atoms in total. The van der Waals surface area contributed by atoms with Crippen LogP contribution in [0.3, 0.4) is 0 Å². The number of nitrogens with two attached hydrogens (primary N) is 1. The van der Waals surface area contributed by atoms with E-state index in [0.717, 1.165) is 10.9 Å². The fourth-order valence-electron chi connectivity index (χ4n) is 2.30. The van der Waals surface area contributed by atoms with Crippen LogP contribution in [-0.2, 0) is 0 Å². The molecule has 1 heterocycles. The van der Waals surface area contributed by atoms with E-state index in [9.17, 15) is 4.39 Å². The van der Waals surface area contributed by atoms with Crippen molar-refractivity contribution in [2.24, 2.45) is 5.73 Å². The Balaban J connectivity index is 2.05. The molecule has 102 valence electrons. The van der Waals surface area contributed by atoms with Crippen LogP contribution in [0.15, 0.2) is 46.9 Å². The Bertz CT molecular complexity index is 761. The van der Waals surface area contributed by atoms with Gasteiger partial charge in [-0.3, -0.25) is 0 Å². The van der Waals surface area contributed by atoms with E-state index in [1.54, 1.807) is 12.1 Å². The van der Waals surface area contributed by atoms with Crippen LogP contribution < -0.4 is 5.73 Å². The molecule has 1 atom stereocenters. The minimum atomic E-state index is -0.504. The monoisotopic (exact) mass is 289 g/mol. The molecule has 3 rings (SSSR count). The van der Waals surface area contributed by atoms with Gasteiger partial charge in [0.1, 0.15) is 17.2 Å². The van der Waals surface area contributed by atoms with E-state index >= 15 is 0 Å². The summed E-state index contributed by atoms with van der Waals surface area (Å²) in [7, 11) is 0. The van der Waals surface area contributed by atoms with Gasteiger partial charge in [0, 0.05) is 10.4 Å². The molecule has 0 radical (unpaired) electrons. The summed E-state index contributed by atoms with van der Waals surface area (Å²) in [4.78, 5) is 0. The topological polar surface area (TPSA) is 39.2 Å². The summed E-state index contributed by atoms with van der Waals surface area (Å²) in [5, 5.41) is 1.52. The van der Waals surface area contributed by atoms with Crippen molar-refractivity contribution in [1.82, 2.24) is 0 Å². The smallest absolute Gasteiger partial charge is 0.134 e. The molecule has 0 aliphatic heterocycles. The molecule has 0 spiro atoms. The Morgan fingerprint density at radius 3 is 2.70 bits per heavy atom. The van der Waals surface area contributed by atoms with Crippen LogP contribution in [0.2, 0.25) is 5.02 Å². The van der Waals surface area contributed by atoms with Crippen LogP contribution in [0.4, 0.5) is 4.39 Å². The average Bonchev–Trinajstić information content (AvgIpc) is 2.79. The number of hydrogen-bond donors (Lipinski definition) is 1. The first kappa shape index (κ1) is 13.2. The number of hydrogen-bond acceptors (Lipinski definition) is 2. The molecule has 0 bridgehead atoms. The predicted octanol–water partition coefficient (Wildman–Crippen LogP) is 4.58. The van der Waals surface area contributed by atoms with Crippen molar-refractivity contribution >= 4 is 22.6 Å². The maximum absolute atomic E-state index is 13.5. The molecule has 3 aromatic rings. The molecule has 2 N–H and O–H groups in total. The fraction of sp³-hybridized carbons (Fsp3) is 0.125. The van der Waals surface area contributed by atoms with E-state index < -0.39 is 6.04 Å². The summed E-state index contributed by atoms with van der Waals surface area (Å²) in [6.45, 7) is 1.83. The minimum absolute atomic E-state index is 0.297. The molecule has 0 aliphatic carbocycles. The third kappa shape index (κ3) is 2.42. The minimum Gasteiger partial charge on any atom is -0.459 e. The molecule has 1 unspecified atom stereocenters. The van der Waals surface area contributed by atoms with Gasteiger partial charge in [0.15, 0.2) is 0 Å². The first-order valence-electron chi connectivity index (χ1n) is 6.24. The fourth-order valence-corrected chi connectivity index (χ4v) is 2.48. The lowest BCUT2D eigenvalue weighted by atomic mass is 10.0. The van der Waals surface area contributed by atoms with Crippen LogP contribution in [0.1, 0.15) is 22.9 Å². The zero-order valence-electron chi connectivity index (χ0n) is 10.9. The van der Waals surface area contributed by atoms with E-state index in [0.29, 0.717) is 21.9 Å². The average molecular weight is 290 g/mol. The van der Waals surface area contributed by atoms with Gasteiger partial charge in [-0.1, -0.05) is 17.7 Å². The van der Waals surface area contributed by atoms with Gasteiger partial charge in [0.25, 0.3) is 0 Å². The Hall–Kier alpha value is -1.84. The van der Waals surface area contributed by atoms with Crippen LogP contribution in [0.5, 0.6) is 0 Å². The molecule has 0 saturated heterocycles. The van der Waals surface area contributed by atoms with Crippen LogP contribution in [0.25, 0.3) is 11.0 Å². The number of halogens is 2. The van der Waals surface area contributed by atoms with Gasteiger partial charge < -0.3 is 10.2 Å². The molecule has 0 saturated carbocycles. The third-order valence-electron chi connectivity index (χ3n) is 3.23. The number of benzene rings is 2. The molecule has 4 heteroatoms. The van der Waals surface area contributed by atoms with E-state index in [1.807, 2.05) is 25.1 Å². The summed E-state index contributed by atoms with van der Waals surface area (Å²) in [5.41, 5.74) is 8.39. The Kier molecular flexibility index (Phi) is 3.24. The van der Waals surface area contributed by atoms with Crippen molar-refractivity contribution in [2.45, 2.75) is 13.0 Å². The zero-order valence-corrected chi connectivity index (χ0v) is 11.6. The quantitative estimate of drug-likeness (QED) is 0.750. The normalized spacial score (nSPS) is 12.8. The number of aryl methyl sites for hydroxylation is 1. The summed E-state index contributed by atoms with van der Waals surface area (Å²) in [5.74, 6) is 0.293. The van der Waals surface area contributed by atoms with Crippen molar-refractivity contribution in [3.8, 4) is 0 Å². The van der Waals surface area contributed by atoms with Crippen molar-refractivity contribution < 1.29 is 8.81 Å². The maximum atomic E-state index is 13.5. The van der Waals surface area contributed by atoms with Crippen molar-refractivity contribution in [3.05, 3.63) is 70.2 Å². The molecular formula is C16H13ClFNO. The van der Waals surface area contributed by atoms with Gasteiger partial charge in [-0.2, -0.15) is 0 Å². The van der Waals surface area contributed by atoms with Crippen molar-refractivity contribution in [2.75, 3.05) is 0 Å². The van der Waals surface area contributed by atoms with Gasteiger partial charge in [-0.05, 0) is 54.4 Å². The molecule has 0 aliphatic rings. The van der Waals surface area contributed by atoms with Gasteiger partial charge in [0.05, 0.1) is 6.04 Å². The van der Waals surface area contributed by atoms with Crippen molar-refractivity contribution in [1.29, 1.82) is 0 Å². The third-order valence-corrected chi connectivity index (χ3v) is 3.46. The molecule has 2 aromatic carbocycles. The second-order valence-corrected chi connectivity index (χ2v) is 5.31. The number of furan rings is 1. The van der Waals surface area contributed by atoms with Crippen LogP contribution in [0, 0.1) is 12.7 Å². The molecule has 0 fully saturated rings. The summed E-state index contributed by atoms with van der Waals surface area (Å²) in [6.07, 6.45) is 0. The highest BCUT2D eigenvalue weighted by atomic mass is 35.5. The van der Waals surface area contributed by atoms with E-state index in [2.05, 4.69) is 0 Å². The molecular weight excluding hydrogens is 277 g/mol. The van der Waals surface area contributed by atoms with Gasteiger partial charge in [-0.25, -0.2) is 4.39 Å². The second-order valence-electron chi connectivity index (χ2n) is 4.87. The Labute approximate surface area is 121 Å². The lowest BCUT2D eigenvalue weighted by molar-refractivity contribution is 0.523. The van der Waals surface area contributed by atoms with E-state index in [-0.39, 0.29) is 5.82 Å². The maximum Gasteiger partial charge on any atom is 0.134 e. The summed E-state index contributed by atoms with van der Waals surface area (Å²) >= 11 is 5.94. The highest BCUT2D eigenvalue weighted by molar-refractivity contribution is 6.31. The van der Waals surface area contributed by atoms with E-state index in [4.69, 9.17) is 21.8 Å².